The highest BCUT2D eigenvalue weighted by Gasteiger charge is 2.36. The maximum Gasteiger partial charge on any atom is 0.0443 e. The second-order valence-electron chi connectivity index (χ2n) is 18.6. The van der Waals surface area contributed by atoms with E-state index in [1.165, 1.54) is 121 Å². The highest BCUT2D eigenvalue weighted by molar-refractivity contribution is 6.26. The zero-order valence-corrected chi connectivity index (χ0v) is 36.0. The molecule has 0 saturated carbocycles. The van der Waals surface area contributed by atoms with Crippen LogP contribution in [0.4, 0.5) is 22.7 Å². The monoisotopic (exact) mass is 808 g/mol. The smallest absolute Gasteiger partial charge is 0.0443 e. The van der Waals surface area contributed by atoms with Crippen molar-refractivity contribution in [3.05, 3.63) is 204 Å². The number of hydrogen-bond acceptors (Lipinski definition) is 2. The first-order chi connectivity index (χ1) is 31.0. The standard InChI is InChI=1S/C61H48N2/c1-61(2)55-24-10-9-23-48(55)49-30-27-42(36-56(49)61)59-50-31-28-44(63-34-14-19-40-16-5-12-26-58(40)63)38-54(50)60(52-35-41-17-3-6-20-45(41)46-21-7-8-22-47(46)52)51-32-29-43(37-53(51)59)62-33-13-18-39-15-4-11-25-57(39)62/h3-12,15-17,20-32,35-38H,13-14,18-19,33-34H2,1-2H3. The van der Waals surface area contributed by atoms with Crippen molar-refractivity contribution < 1.29 is 0 Å². The molecule has 0 spiro atoms. The van der Waals surface area contributed by atoms with Gasteiger partial charge in [0, 0.05) is 41.3 Å². The van der Waals surface area contributed by atoms with Gasteiger partial charge in [-0.3, -0.25) is 0 Å². The Morgan fingerprint density at radius 1 is 0.381 bits per heavy atom. The molecule has 0 atom stereocenters. The molecule has 2 heterocycles. The topological polar surface area (TPSA) is 6.48 Å². The van der Waals surface area contributed by atoms with E-state index in [1.807, 2.05) is 0 Å². The number of aryl methyl sites for hydroxylation is 2. The van der Waals surface area contributed by atoms with Crippen LogP contribution in [0.1, 0.15) is 48.9 Å². The van der Waals surface area contributed by atoms with Gasteiger partial charge in [-0.2, -0.15) is 0 Å². The van der Waals surface area contributed by atoms with Crippen molar-refractivity contribution in [2.24, 2.45) is 0 Å². The summed E-state index contributed by atoms with van der Waals surface area (Å²) in [6.45, 7) is 6.80. The predicted octanol–water partition coefficient (Wildman–Crippen LogP) is 16.1. The fourth-order valence-corrected chi connectivity index (χ4v) is 11.9. The second-order valence-corrected chi connectivity index (χ2v) is 18.6. The Morgan fingerprint density at radius 2 is 0.937 bits per heavy atom. The first kappa shape index (κ1) is 36.5. The number of fused-ring (bicyclic) bond motifs is 10. The van der Waals surface area contributed by atoms with Crippen molar-refractivity contribution in [1.29, 1.82) is 0 Å². The first-order valence-corrected chi connectivity index (χ1v) is 22.9. The lowest BCUT2D eigenvalue weighted by Gasteiger charge is -2.33. The molecule has 0 amide bonds. The number of nitrogens with zero attached hydrogens (tertiary/aromatic N) is 2. The summed E-state index contributed by atoms with van der Waals surface area (Å²) in [4.78, 5) is 5.13. The van der Waals surface area contributed by atoms with Crippen molar-refractivity contribution in [2.75, 3.05) is 22.9 Å². The van der Waals surface area contributed by atoms with E-state index in [4.69, 9.17) is 0 Å². The third-order valence-electron chi connectivity index (χ3n) is 14.8. The van der Waals surface area contributed by atoms with Gasteiger partial charge in [0.25, 0.3) is 0 Å². The molecular weight excluding hydrogens is 761 g/mol. The average molecular weight is 809 g/mol. The molecular formula is C61H48N2. The van der Waals surface area contributed by atoms with Crippen molar-refractivity contribution in [3.8, 4) is 33.4 Å². The number of benzene rings is 10. The van der Waals surface area contributed by atoms with Crippen molar-refractivity contribution in [2.45, 2.75) is 44.9 Å². The van der Waals surface area contributed by atoms with E-state index >= 15 is 0 Å². The van der Waals surface area contributed by atoms with E-state index in [2.05, 4.69) is 206 Å². The molecule has 3 aliphatic rings. The summed E-state index contributed by atoms with van der Waals surface area (Å²) in [6, 6.07) is 69.6. The molecule has 13 rings (SSSR count). The molecule has 10 aromatic rings. The van der Waals surface area contributed by atoms with E-state index in [0.29, 0.717) is 0 Å². The van der Waals surface area contributed by atoms with E-state index < -0.39 is 0 Å². The zero-order chi connectivity index (χ0) is 41.8. The molecule has 2 aliphatic heterocycles. The van der Waals surface area contributed by atoms with Gasteiger partial charge in [-0.25, -0.2) is 0 Å². The highest BCUT2D eigenvalue weighted by atomic mass is 15.1. The van der Waals surface area contributed by atoms with Gasteiger partial charge in [0.05, 0.1) is 0 Å². The molecule has 0 aromatic heterocycles. The lowest BCUT2D eigenvalue weighted by Crippen LogP contribution is -2.24. The maximum absolute atomic E-state index is 2.57. The van der Waals surface area contributed by atoms with E-state index in [-0.39, 0.29) is 5.41 Å². The van der Waals surface area contributed by atoms with Gasteiger partial charge < -0.3 is 9.80 Å². The molecule has 0 N–H and O–H groups in total. The van der Waals surface area contributed by atoms with E-state index in [0.717, 1.165) is 38.8 Å². The molecule has 63 heavy (non-hydrogen) atoms. The van der Waals surface area contributed by atoms with Crippen LogP contribution < -0.4 is 9.80 Å². The summed E-state index contributed by atoms with van der Waals surface area (Å²) in [5.41, 5.74) is 18.6. The van der Waals surface area contributed by atoms with Gasteiger partial charge in [-0.15, -0.1) is 0 Å². The minimum atomic E-state index is -0.116. The van der Waals surface area contributed by atoms with Crippen LogP contribution in [0.2, 0.25) is 0 Å². The predicted molar refractivity (Wildman–Crippen MR) is 268 cm³/mol. The van der Waals surface area contributed by atoms with Crippen LogP contribution in [0.15, 0.2) is 182 Å². The molecule has 0 fully saturated rings. The van der Waals surface area contributed by atoms with Gasteiger partial charge in [0.2, 0.25) is 0 Å². The Balaban J connectivity index is 1.16. The molecule has 0 unspecified atom stereocenters. The lowest BCUT2D eigenvalue weighted by atomic mass is 9.80. The molecule has 0 radical (unpaired) electrons. The third-order valence-corrected chi connectivity index (χ3v) is 14.8. The van der Waals surface area contributed by atoms with Gasteiger partial charge >= 0.3 is 0 Å². The Labute approximate surface area is 369 Å². The van der Waals surface area contributed by atoms with Crippen LogP contribution >= 0.6 is 0 Å². The zero-order valence-electron chi connectivity index (χ0n) is 36.0. The maximum atomic E-state index is 2.57. The van der Waals surface area contributed by atoms with E-state index in [1.54, 1.807) is 0 Å². The number of para-hydroxylation sites is 2. The Hall–Kier alpha value is -7.16. The second kappa shape index (κ2) is 13.9. The average Bonchev–Trinajstić information content (AvgIpc) is 3.57. The van der Waals surface area contributed by atoms with Crippen LogP contribution in [0.25, 0.3) is 76.5 Å². The van der Waals surface area contributed by atoms with Crippen LogP contribution in [0, 0.1) is 0 Å². The lowest BCUT2D eigenvalue weighted by molar-refractivity contribution is 0.660. The number of hydrogen-bond donors (Lipinski definition) is 0. The largest absolute Gasteiger partial charge is 0.341 e. The summed E-state index contributed by atoms with van der Waals surface area (Å²) in [5.74, 6) is 0. The van der Waals surface area contributed by atoms with Crippen LogP contribution in [0.5, 0.6) is 0 Å². The third kappa shape index (κ3) is 5.50. The minimum Gasteiger partial charge on any atom is -0.341 e. The normalized spacial score (nSPS) is 15.1. The van der Waals surface area contributed by atoms with Crippen LogP contribution in [0.3, 0.4) is 0 Å². The molecule has 10 aromatic carbocycles. The molecule has 2 nitrogen and oxygen atoms in total. The van der Waals surface area contributed by atoms with Crippen LogP contribution in [-0.2, 0) is 18.3 Å². The molecule has 2 heteroatoms. The summed E-state index contributed by atoms with van der Waals surface area (Å²) >= 11 is 0. The quantitative estimate of drug-likeness (QED) is 0.129. The van der Waals surface area contributed by atoms with E-state index in [9.17, 15) is 0 Å². The number of anilines is 4. The Bertz CT molecular complexity index is 3520. The summed E-state index contributed by atoms with van der Waals surface area (Å²) in [6.07, 6.45) is 4.50. The Morgan fingerprint density at radius 3 is 1.65 bits per heavy atom. The SMILES string of the molecule is CC1(C)c2ccccc2-c2ccc(-c3c4cc(N5CCCc6ccccc65)ccc4c(-c4cc5ccccc5c5ccccc45)c4cc(N5CCCc6ccccc65)ccc34)cc21. The summed E-state index contributed by atoms with van der Waals surface area (Å²) in [7, 11) is 0. The van der Waals surface area contributed by atoms with Gasteiger partial charge in [-0.1, -0.05) is 147 Å². The molecule has 0 bridgehead atoms. The fourth-order valence-electron chi connectivity index (χ4n) is 11.9. The molecule has 302 valence electrons. The summed E-state index contributed by atoms with van der Waals surface area (Å²) in [5, 5.41) is 10.3. The van der Waals surface area contributed by atoms with Crippen molar-refractivity contribution in [1.82, 2.24) is 0 Å². The fraction of sp³-hybridized carbons (Fsp3) is 0.148. The Kier molecular flexibility index (Phi) is 8.07. The molecule has 0 saturated heterocycles. The minimum absolute atomic E-state index is 0.116. The van der Waals surface area contributed by atoms with Gasteiger partial charge in [0.1, 0.15) is 0 Å². The van der Waals surface area contributed by atoms with Crippen LogP contribution in [-0.4, -0.2) is 13.1 Å². The molecule has 1 aliphatic carbocycles. The van der Waals surface area contributed by atoms with Crippen molar-refractivity contribution in [3.63, 3.8) is 0 Å². The first-order valence-electron chi connectivity index (χ1n) is 22.9. The summed E-state index contributed by atoms with van der Waals surface area (Å²) < 4.78 is 0. The number of rotatable bonds is 4. The van der Waals surface area contributed by atoms with Gasteiger partial charge in [0.15, 0.2) is 0 Å². The highest BCUT2D eigenvalue weighted by Crippen LogP contribution is 2.53. The van der Waals surface area contributed by atoms with Gasteiger partial charge in [-0.05, 0) is 173 Å². The van der Waals surface area contributed by atoms with Crippen molar-refractivity contribution >= 4 is 65.8 Å².